The molecule has 11 atom stereocenters. The van der Waals surface area contributed by atoms with E-state index in [2.05, 4.69) is 5.32 Å². The average Bonchev–Trinajstić information content (AvgIpc) is 2.71. The molecule has 1 saturated carbocycles. The molecule has 180 valence electrons. The van der Waals surface area contributed by atoms with Crippen LogP contribution in [0.1, 0.15) is 12.8 Å². The molecule has 3 aliphatic rings. The first-order valence-electron chi connectivity index (χ1n) is 10.4. The number of aliphatic hydroxyl groups excluding tert-OH is 2. The van der Waals surface area contributed by atoms with Crippen LogP contribution in [0.5, 0.6) is 0 Å². The summed E-state index contributed by atoms with van der Waals surface area (Å²) in [5, 5.41) is 34.5. The van der Waals surface area contributed by atoms with E-state index >= 15 is 0 Å². The van der Waals surface area contributed by atoms with E-state index in [-0.39, 0.29) is 19.6 Å². The largest absolute Gasteiger partial charge is 0.467 e. The van der Waals surface area contributed by atoms with Gasteiger partial charge in [-0.1, -0.05) is 0 Å². The maximum atomic E-state index is 11.0. The quantitative estimate of drug-likeness (QED) is 0.173. The second-order valence-electron chi connectivity index (χ2n) is 8.44. The van der Waals surface area contributed by atoms with Gasteiger partial charge in [-0.2, -0.15) is 0 Å². The van der Waals surface area contributed by atoms with E-state index in [1.807, 2.05) is 0 Å². The monoisotopic (exact) mass is 448 g/mol. The smallest absolute Gasteiger partial charge is 0.215 e. The normalized spacial score (nSPS) is 48.7. The van der Waals surface area contributed by atoms with Crippen LogP contribution >= 0.6 is 0 Å². The Morgan fingerprint density at radius 2 is 1.71 bits per heavy atom. The highest BCUT2D eigenvalue weighted by molar-refractivity contribution is 5.04. The fraction of sp³-hybridized carbons (Fsp3) is 0.889. The molecule has 0 radical (unpaired) electrons. The lowest BCUT2D eigenvalue weighted by atomic mass is 9.84. The van der Waals surface area contributed by atoms with Gasteiger partial charge in [0, 0.05) is 12.1 Å². The predicted molar refractivity (Wildman–Crippen MR) is 109 cm³/mol. The van der Waals surface area contributed by atoms with E-state index in [9.17, 15) is 15.3 Å². The highest BCUT2D eigenvalue weighted by atomic mass is 16.7. The Morgan fingerprint density at radius 3 is 2.29 bits per heavy atom. The molecule has 2 fully saturated rings. The molecule has 13 nitrogen and oxygen atoms in total. The minimum Gasteiger partial charge on any atom is -0.467 e. The van der Waals surface area contributed by atoms with Gasteiger partial charge < -0.3 is 68.3 Å². The van der Waals surface area contributed by atoms with E-state index in [0.717, 1.165) is 0 Å². The molecule has 0 aromatic heterocycles. The van der Waals surface area contributed by atoms with Gasteiger partial charge in [-0.05, 0) is 26.0 Å². The predicted octanol–water partition coefficient (Wildman–Crippen LogP) is -4.96. The molecule has 0 aromatic carbocycles. The van der Waals surface area contributed by atoms with Crippen LogP contribution < -0.4 is 34.0 Å². The molecular weight excluding hydrogens is 412 g/mol. The molecule has 1 saturated heterocycles. The zero-order valence-electron chi connectivity index (χ0n) is 17.5. The van der Waals surface area contributed by atoms with Crippen LogP contribution in [0.15, 0.2) is 11.8 Å². The first-order valence-corrected chi connectivity index (χ1v) is 10.4. The van der Waals surface area contributed by atoms with E-state index in [1.165, 1.54) is 7.05 Å². The van der Waals surface area contributed by atoms with Crippen molar-refractivity contribution in [1.82, 2.24) is 5.32 Å². The lowest BCUT2D eigenvalue weighted by Gasteiger charge is -2.48. The summed E-state index contributed by atoms with van der Waals surface area (Å²) in [5.74, 6) is 0.543. The van der Waals surface area contributed by atoms with Gasteiger partial charge in [0.1, 0.15) is 30.2 Å². The zero-order valence-corrected chi connectivity index (χ0v) is 17.5. The maximum absolute atomic E-state index is 11.0. The van der Waals surface area contributed by atoms with Gasteiger partial charge in [0.25, 0.3) is 0 Å². The summed E-state index contributed by atoms with van der Waals surface area (Å²) >= 11 is 0. The number of rotatable bonds is 6. The average molecular weight is 449 g/mol. The lowest BCUT2D eigenvalue weighted by Crippen LogP contribution is -2.72. The van der Waals surface area contributed by atoms with E-state index in [1.54, 1.807) is 6.08 Å². The van der Waals surface area contributed by atoms with Crippen molar-refractivity contribution < 1.29 is 34.3 Å². The third-order valence-electron chi connectivity index (χ3n) is 6.03. The summed E-state index contributed by atoms with van der Waals surface area (Å²) in [6, 6.07) is -2.66. The number of hydrogen-bond acceptors (Lipinski definition) is 13. The van der Waals surface area contributed by atoms with E-state index < -0.39 is 66.9 Å². The molecule has 13 heteroatoms. The molecule has 1 aliphatic carbocycles. The van der Waals surface area contributed by atoms with Crippen molar-refractivity contribution in [2.24, 2.45) is 28.7 Å². The first kappa shape index (κ1) is 24.7. The molecular formula is C18H36N6O7. The molecule has 0 bridgehead atoms. The maximum Gasteiger partial charge on any atom is 0.215 e. The number of likely N-dealkylation sites (N-methyl/N-ethyl adjacent to an activating group) is 1. The molecule has 2 aliphatic heterocycles. The fourth-order valence-electron chi connectivity index (χ4n) is 4.27. The van der Waals surface area contributed by atoms with Crippen molar-refractivity contribution in [2.45, 2.75) is 79.7 Å². The first-order chi connectivity index (χ1) is 14.6. The van der Waals surface area contributed by atoms with Crippen molar-refractivity contribution in [2.75, 3.05) is 20.2 Å². The topological polar surface area (TPSA) is 240 Å². The second-order valence-corrected chi connectivity index (χ2v) is 8.44. The van der Waals surface area contributed by atoms with Crippen molar-refractivity contribution in [3.05, 3.63) is 11.8 Å². The number of ether oxygens (including phenoxy) is 4. The Kier molecular flexibility index (Phi) is 7.89. The molecule has 3 rings (SSSR count). The van der Waals surface area contributed by atoms with Gasteiger partial charge in [-0.3, -0.25) is 0 Å². The van der Waals surface area contributed by atoms with E-state index in [4.69, 9.17) is 47.6 Å². The molecule has 0 amide bonds. The Bertz CT molecular complexity index is 641. The summed E-state index contributed by atoms with van der Waals surface area (Å²) in [4.78, 5) is 0. The van der Waals surface area contributed by atoms with Crippen LogP contribution in [-0.2, 0) is 18.9 Å². The summed E-state index contributed by atoms with van der Waals surface area (Å²) in [6.07, 6.45) is -3.93. The highest BCUT2D eigenvalue weighted by Crippen LogP contribution is 2.30. The van der Waals surface area contributed by atoms with Gasteiger partial charge in [0.2, 0.25) is 6.29 Å². The lowest BCUT2D eigenvalue weighted by molar-refractivity contribution is -0.304. The molecule has 4 unspecified atom stereocenters. The number of aliphatic hydroxyl groups is 3. The summed E-state index contributed by atoms with van der Waals surface area (Å²) in [5.41, 5.74) is 28.0. The van der Waals surface area contributed by atoms with Gasteiger partial charge in [-0.25, -0.2) is 0 Å². The molecule has 14 N–H and O–H groups in total. The fourth-order valence-corrected chi connectivity index (χ4v) is 4.27. The third-order valence-corrected chi connectivity index (χ3v) is 6.03. The summed E-state index contributed by atoms with van der Waals surface area (Å²) in [7, 11) is 1.54. The zero-order chi connectivity index (χ0) is 22.9. The van der Waals surface area contributed by atoms with Gasteiger partial charge in [-0.15, -0.1) is 0 Å². The van der Waals surface area contributed by atoms with Gasteiger partial charge in [0.15, 0.2) is 12.0 Å². The summed E-state index contributed by atoms with van der Waals surface area (Å²) < 4.78 is 22.8. The number of hydrogen-bond donors (Lipinski definition) is 9. The molecule has 31 heavy (non-hydrogen) atoms. The summed E-state index contributed by atoms with van der Waals surface area (Å²) in [6.45, 7) is -0.101. The van der Waals surface area contributed by atoms with Crippen LogP contribution in [0.3, 0.4) is 0 Å². The Balaban J connectivity index is 1.69. The van der Waals surface area contributed by atoms with Crippen LogP contribution in [0.4, 0.5) is 0 Å². The second kappa shape index (κ2) is 9.91. The van der Waals surface area contributed by atoms with Crippen LogP contribution in [-0.4, -0.2) is 102 Å². The molecule has 2 heterocycles. The minimum atomic E-state index is -1.79. The van der Waals surface area contributed by atoms with Crippen LogP contribution in [0.25, 0.3) is 0 Å². The Labute approximate surface area is 180 Å². The Morgan fingerprint density at radius 1 is 1.10 bits per heavy atom. The van der Waals surface area contributed by atoms with Gasteiger partial charge in [0.05, 0.1) is 25.2 Å². The molecule has 0 aromatic rings. The minimum absolute atomic E-state index is 0.194. The number of nitrogens with one attached hydrogen (secondary N) is 1. The standard InChI is InChI=1S/C18H36N6O7/c1-24-15-12(26)17(28-6-18(15,23)27)31-14-10(22)4-9(21)13(11(14)25)30-16-8(20)3-2-7(5-19)29-16/h2,8-17,24-27H,3-6,19-23H2,1H3/t8?,9-,10+,11?,12?,13?,14-,15+,16+,17+,18-/m0/s1. The van der Waals surface area contributed by atoms with Crippen molar-refractivity contribution >= 4 is 0 Å². The van der Waals surface area contributed by atoms with Crippen molar-refractivity contribution in [1.29, 1.82) is 0 Å². The molecule has 0 spiro atoms. The van der Waals surface area contributed by atoms with Gasteiger partial charge >= 0.3 is 0 Å². The Hall–Kier alpha value is -0.940. The van der Waals surface area contributed by atoms with E-state index in [0.29, 0.717) is 12.2 Å². The van der Waals surface area contributed by atoms with Crippen LogP contribution in [0.2, 0.25) is 0 Å². The van der Waals surface area contributed by atoms with Crippen molar-refractivity contribution in [3.8, 4) is 0 Å². The highest BCUT2D eigenvalue weighted by Gasteiger charge is 2.51. The third kappa shape index (κ3) is 5.19. The van der Waals surface area contributed by atoms with Crippen molar-refractivity contribution in [3.63, 3.8) is 0 Å². The number of nitrogens with two attached hydrogens (primary N) is 5. The SMILES string of the molecule is CN[C@@H]1C(O)[C@@H](O[C@@H]2C(O)C(O[C@H]3OC(CN)=CCC3N)[C@@H](N)C[C@H]2N)OC[C@]1(N)O. The van der Waals surface area contributed by atoms with Crippen LogP contribution in [0, 0.1) is 0 Å².